The fourth-order valence-electron chi connectivity index (χ4n) is 4.01. The number of hydrogen-bond donors (Lipinski definition) is 1. The number of nitrogens with zero attached hydrogens (tertiary/aromatic N) is 1. The van der Waals surface area contributed by atoms with Gasteiger partial charge in [-0.1, -0.05) is 13.0 Å². The molecule has 1 aromatic rings. The first kappa shape index (κ1) is 21.4. The summed E-state index contributed by atoms with van der Waals surface area (Å²) in [5.74, 6) is 0.437. The molecule has 6 nitrogen and oxygen atoms in total. The molecule has 0 saturated carbocycles. The molecule has 0 radical (unpaired) electrons. The second-order valence-corrected chi connectivity index (χ2v) is 8.54. The van der Waals surface area contributed by atoms with Crippen LogP contribution in [-0.2, 0) is 14.3 Å². The van der Waals surface area contributed by atoms with E-state index in [2.05, 4.69) is 11.9 Å². The van der Waals surface area contributed by atoms with E-state index in [1.807, 2.05) is 6.92 Å². The number of carbonyl (C=O) groups excluding carboxylic acids is 2. The van der Waals surface area contributed by atoms with Crippen LogP contribution < -0.4 is 4.74 Å². The predicted octanol–water partition coefficient (Wildman–Crippen LogP) is 3.88. The molecule has 1 heterocycles. The van der Waals surface area contributed by atoms with Crippen molar-refractivity contribution in [2.24, 2.45) is 10.9 Å². The summed E-state index contributed by atoms with van der Waals surface area (Å²) in [4.78, 5) is 30.5. The first-order valence-corrected chi connectivity index (χ1v) is 11.1. The number of carbonyl (C=O) groups is 2. The minimum absolute atomic E-state index is 0.0159. The number of allylic oxidation sites excluding steroid dienone is 2. The van der Waals surface area contributed by atoms with E-state index in [0.29, 0.717) is 42.0 Å². The summed E-state index contributed by atoms with van der Waals surface area (Å²) in [5.41, 5.74) is 2.66. The van der Waals surface area contributed by atoms with Gasteiger partial charge in [-0.25, -0.2) is 0 Å². The average molecular weight is 418 g/mol. The van der Waals surface area contributed by atoms with Gasteiger partial charge >= 0.3 is 5.97 Å². The van der Waals surface area contributed by atoms with Gasteiger partial charge in [0.15, 0.2) is 17.3 Å². The normalized spacial score (nSPS) is 21.5. The summed E-state index contributed by atoms with van der Waals surface area (Å²) in [6.45, 7) is 4.19. The first-order valence-electron chi connectivity index (χ1n) is 9.90. The highest BCUT2D eigenvalue weighted by Crippen LogP contribution is 2.45. The zero-order chi connectivity index (χ0) is 21.0. The van der Waals surface area contributed by atoms with E-state index in [1.165, 1.54) is 7.11 Å². The number of aliphatic imine (C=N–C) groups is 1. The zero-order valence-electron chi connectivity index (χ0n) is 17.1. The number of phenolic OH excluding ortho intramolecular Hbond substituents is 1. The Balaban J connectivity index is 2.00. The lowest BCUT2D eigenvalue weighted by atomic mass is 9.71. The van der Waals surface area contributed by atoms with Crippen LogP contribution in [0.25, 0.3) is 0 Å². The third-order valence-corrected chi connectivity index (χ3v) is 6.19. The minimum Gasteiger partial charge on any atom is -0.504 e. The number of thioether (sulfide) groups is 1. The van der Waals surface area contributed by atoms with E-state index in [4.69, 9.17) is 9.47 Å². The third-order valence-electron chi connectivity index (χ3n) is 5.33. The van der Waals surface area contributed by atoms with Crippen LogP contribution in [0.5, 0.6) is 11.5 Å². The quantitative estimate of drug-likeness (QED) is 0.535. The fourth-order valence-corrected chi connectivity index (χ4v) is 4.50. The van der Waals surface area contributed by atoms with Crippen LogP contribution in [0.2, 0.25) is 0 Å². The van der Waals surface area contributed by atoms with Crippen LogP contribution in [0.4, 0.5) is 0 Å². The van der Waals surface area contributed by atoms with E-state index in [-0.39, 0.29) is 17.5 Å². The fraction of sp³-hybridized carbons (Fsp3) is 0.500. The molecule has 7 heteroatoms. The maximum atomic E-state index is 13.0. The molecule has 2 atom stereocenters. The molecule has 1 aliphatic heterocycles. The average Bonchev–Trinajstić information content (AvgIpc) is 2.70. The smallest absolute Gasteiger partial charge is 0.315 e. The lowest BCUT2D eigenvalue weighted by Crippen LogP contribution is -2.37. The van der Waals surface area contributed by atoms with Gasteiger partial charge in [0.25, 0.3) is 0 Å². The lowest BCUT2D eigenvalue weighted by Gasteiger charge is -2.34. The van der Waals surface area contributed by atoms with Crippen LogP contribution in [0.3, 0.4) is 0 Å². The Bertz CT molecular complexity index is 861. The molecule has 1 aromatic carbocycles. The van der Waals surface area contributed by atoms with Crippen molar-refractivity contribution in [1.82, 2.24) is 0 Å². The largest absolute Gasteiger partial charge is 0.504 e. The number of ether oxygens (including phenoxy) is 2. The van der Waals surface area contributed by atoms with Crippen LogP contribution in [0.15, 0.2) is 34.5 Å². The van der Waals surface area contributed by atoms with Gasteiger partial charge in [-0.15, -0.1) is 0 Å². The number of esters is 1. The standard InChI is InChI=1S/C22H27NO5S/c1-4-29-11-10-28-22(26)19-13(2)23-15-6-5-7-16(24)21(15)20(19)14-8-9-18(27-3)17(25)12-14/h8-9,12,19-20,25H,4-7,10-11H2,1-3H3/t19?,20-/m1/s1. The Hall–Kier alpha value is -2.28. The van der Waals surface area contributed by atoms with E-state index in [9.17, 15) is 14.7 Å². The Morgan fingerprint density at radius 1 is 1.34 bits per heavy atom. The van der Waals surface area contributed by atoms with Crippen molar-refractivity contribution in [2.75, 3.05) is 25.2 Å². The summed E-state index contributed by atoms with van der Waals surface area (Å²) in [7, 11) is 1.48. The van der Waals surface area contributed by atoms with Gasteiger partial charge < -0.3 is 14.6 Å². The molecule has 2 aliphatic rings. The van der Waals surface area contributed by atoms with Gasteiger partial charge in [0.1, 0.15) is 12.5 Å². The van der Waals surface area contributed by atoms with Crippen LogP contribution in [0.1, 0.15) is 44.6 Å². The maximum Gasteiger partial charge on any atom is 0.315 e. The van der Waals surface area contributed by atoms with Crippen LogP contribution in [-0.4, -0.2) is 47.8 Å². The number of ketones is 1. The Morgan fingerprint density at radius 3 is 2.83 bits per heavy atom. The molecular weight excluding hydrogens is 390 g/mol. The molecule has 0 aromatic heterocycles. The van der Waals surface area contributed by atoms with Gasteiger partial charge in [0.05, 0.1) is 7.11 Å². The van der Waals surface area contributed by atoms with Crippen molar-refractivity contribution in [3.63, 3.8) is 0 Å². The van der Waals surface area contributed by atoms with Crippen LogP contribution in [0, 0.1) is 5.92 Å². The molecule has 29 heavy (non-hydrogen) atoms. The number of hydrogen-bond acceptors (Lipinski definition) is 7. The highest BCUT2D eigenvalue weighted by atomic mass is 32.2. The Morgan fingerprint density at radius 2 is 2.14 bits per heavy atom. The molecule has 0 bridgehead atoms. The Labute approximate surface area is 175 Å². The van der Waals surface area contributed by atoms with Crippen molar-refractivity contribution in [2.45, 2.75) is 39.0 Å². The molecule has 0 spiro atoms. The summed E-state index contributed by atoms with van der Waals surface area (Å²) in [6.07, 6.45) is 1.92. The summed E-state index contributed by atoms with van der Waals surface area (Å²) >= 11 is 1.70. The molecule has 1 unspecified atom stereocenters. The lowest BCUT2D eigenvalue weighted by molar-refractivity contribution is -0.145. The number of benzene rings is 1. The van der Waals surface area contributed by atoms with E-state index in [0.717, 1.165) is 23.6 Å². The van der Waals surface area contributed by atoms with Crippen molar-refractivity contribution >= 4 is 29.2 Å². The molecule has 3 rings (SSSR count). The number of methoxy groups -OCH3 is 1. The summed E-state index contributed by atoms with van der Waals surface area (Å²) in [5, 5.41) is 10.3. The van der Waals surface area contributed by atoms with Crippen molar-refractivity contribution in [3.8, 4) is 11.5 Å². The molecule has 156 valence electrons. The van der Waals surface area contributed by atoms with Gasteiger partial charge in [0, 0.05) is 35.1 Å². The molecule has 0 fully saturated rings. The number of aromatic hydroxyl groups is 1. The monoisotopic (exact) mass is 417 g/mol. The second-order valence-electron chi connectivity index (χ2n) is 7.14. The Kier molecular flexibility index (Phi) is 7.00. The molecule has 0 amide bonds. The highest BCUT2D eigenvalue weighted by molar-refractivity contribution is 7.99. The molecule has 1 aliphatic carbocycles. The van der Waals surface area contributed by atoms with E-state index >= 15 is 0 Å². The zero-order valence-corrected chi connectivity index (χ0v) is 17.9. The topological polar surface area (TPSA) is 85.2 Å². The van der Waals surface area contributed by atoms with Crippen molar-refractivity contribution in [1.29, 1.82) is 0 Å². The third kappa shape index (κ3) is 4.50. The SMILES string of the molecule is CCSCCOC(=O)C1C(C)=NC2=C(C(=O)CCC2)[C@@H]1c1ccc(OC)c(O)c1. The summed E-state index contributed by atoms with van der Waals surface area (Å²) in [6, 6.07) is 5.02. The molecular formula is C22H27NO5S. The molecule has 0 saturated heterocycles. The van der Waals surface area contributed by atoms with Gasteiger partial charge in [-0.3, -0.25) is 14.6 Å². The number of rotatable bonds is 7. The minimum atomic E-state index is -0.685. The van der Waals surface area contributed by atoms with Crippen molar-refractivity contribution < 1.29 is 24.2 Å². The maximum absolute atomic E-state index is 13.0. The first-order chi connectivity index (χ1) is 14.0. The van der Waals surface area contributed by atoms with Crippen LogP contribution >= 0.6 is 11.8 Å². The van der Waals surface area contributed by atoms with E-state index < -0.39 is 11.8 Å². The second kappa shape index (κ2) is 9.48. The highest BCUT2D eigenvalue weighted by Gasteiger charge is 2.43. The molecule has 1 N–H and O–H groups in total. The van der Waals surface area contributed by atoms with Gasteiger partial charge in [-0.05, 0) is 43.2 Å². The summed E-state index contributed by atoms with van der Waals surface area (Å²) < 4.78 is 10.7. The number of phenols is 1. The van der Waals surface area contributed by atoms with Crippen molar-refractivity contribution in [3.05, 3.63) is 35.0 Å². The van der Waals surface area contributed by atoms with Gasteiger partial charge in [-0.2, -0.15) is 11.8 Å². The van der Waals surface area contributed by atoms with E-state index in [1.54, 1.807) is 30.0 Å². The number of Topliss-reactive ketones (excluding diaryl/α,β-unsaturated/α-hetero) is 1. The predicted molar refractivity (Wildman–Crippen MR) is 114 cm³/mol. The van der Waals surface area contributed by atoms with Gasteiger partial charge in [0.2, 0.25) is 0 Å².